The molecule has 1 aliphatic carbocycles. The fraction of sp³-hybridized carbons (Fsp3) is 0.889. The molecule has 0 bridgehead atoms. The largest absolute Gasteiger partial charge is 0.198 e. The minimum atomic E-state index is 0.889. The summed E-state index contributed by atoms with van der Waals surface area (Å²) in [6.45, 7) is 4.67. The van der Waals surface area contributed by atoms with E-state index in [1.165, 1.54) is 30.5 Å². The maximum absolute atomic E-state index is 3.58. The van der Waals surface area contributed by atoms with Gasteiger partial charge in [0.15, 0.2) is 20.8 Å². The first-order valence-corrected chi connectivity index (χ1v) is 4.99. The maximum Gasteiger partial charge on any atom is 0.198 e. The van der Waals surface area contributed by atoms with Gasteiger partial charge >= 0.3 is 0 Å². The smallest absolute Gasteiger partial charge is 0.0625 e. The van der Waals surface area contributed by atoms with Crippen LogP contribution in [0, 0.1) is 16.7 Å². The molecule has 0 heterocycles. The molecule has 0 radical (unpaired) electrons. The molecule has 0 saturated heterocycles. The molecule has 0 aliphatic heterocycles. The van der Waals surface area contributed by atoms with Gasteiger partial charge in [-0.25, -0.2) is 0 Å². The summed E-state index contributed by atoms with van der Waals surface area (Å²) >= 11 is 3.58. The molecule has 0 aromatic heterocycles. The predicted molar refractivity (Wildman–Crippen MR) is 49.0 cm³/mol. The molecule has 1 saturated carbocycles. The van der Waals surface area contributed by atoms with Crippen molar-refractivity contribution in [3.05, 3.63) is 4.83 Å². The third-order valence-electron chi connectivity index (χ3n) is 2.52. The van der Waals surface area contributed by atoms with Crippen molar-refractivity contribution >= 4 is 15.9 Å². The summed E-state index contributed by atoms with van der Waals surface area (Å²) in [5.41, 5.74) is 0. The summed E-state index contributed by atoms with van der Waals surface area (Å²) in [5.74, 6) is 1.88. The molecule has 0 nitrogen and oxygen atoms in total. The minimum Gasteiger partial charge on any atom is -0.0625 e. The molecule has 10 heavy (non-hydrogen) atoms. The molecule has 1 rings (SSSR count). The van der Waals surface area contributed by atoms with Gasteiger partial charge in [0.2, 0.25) is 0 Å². The Morgan fingerprint density at radius 1 is 1.30 bits per heavy atom. The Balaban J connectivity index is 2.26. The van der Waals surface area contributed by atoms with Gasteiger partial charge in [0.1, 0.15) is 12.8 Å². The molecular weight excluding hydrogens is 188 g/mol. The van der Waals surface area contributed by atoms with Gasteiger partial charge in [0, 0.05) is 0 Å². The van der Waals surface area contributed by atoms with Gasteiger partial charge in [-0.15, -0.1) is 0 Å². The normalized spacial score (nSPS) is 22.2. The SMILES string of the molecule is CC(C)C1CC[C+](Br)CC1. The van der Waals surface area contributed by atoms with E-state index in [1.807, 2.05) is 0 Å². The van der Waals surface area contributed by atoms with Crippen LogP contribution < -0.4 is 0 Å². The first kappa shape index (κ1) is 8.45. The summed E-state index contributed by atoms with van der Waals surface area (Å²) in [6.07, 6.45) is 5.42. The molecule has 1 fully saturated rings. The molecule has 0 aromatic carbocycles. The number of rotatable bonds is 1. The van der Waals surface area contributed by atoms with Crippen LogP contribution in [0.1, 0.15) is 39.5 Å². The van der Waals surface area contributed by atoms with Crippen molar-refractivity contribution in [2.24, 2.45) is 11.8 Å². The quantitative estimate of drug-likeness (QED) is 0.570. The van der Waals surface area contributed by atoms with Gasteiger partial charge < -0.3 is 0 Å². The van der Waals surface area contributed by atoms with E-state index in [0.29, 0.717) is 0 Å². The van der Waals surface area contributed by atoms with Gasteiger partial charge in [0.25, 0.3) is 0 Å². The Morgan fingerprint density at radius 3 is 2.20 bits per heavy atom. The van der Waals surface area contributed by atoms with E-state index in [1.54, 1.807) is 0 Å². The lowest BCUT2D eigenvalue weighted by atomic mass is 9.82. The molecule has 0 N–H and O–H groups in total. The Hall–Kier alpha value is 0.350. The van der Waals surface area contributed by atoms with E-state index in [0.717, 1.165) is 11.8 Å². The van der Waals surface area contributed by atoms with Crippen molar-refractivity contribution in [2.75, 3.05) is 0 Å². The van der Waals surface area contributed by atoms with Crippen LogP contribution in [0.3, 0.4) is 0 Å². The van der Waals surface area contributed by atoms with Crippen molar-refractivity contribution in [2.45, 2.75) is 39.5 Å². The Bertz CT molecular complexity index is 90.9. The molecular formula is C9H16Br+. The van der Waals surface area contributed by atoms with E-state index in [4.69, 9.17) is 0 Å². The second-order valence-electron chi connectivity index (χ2n) is 3.60. The van der Waals surface area contributed by atoms with Crippen LogP contribution in [0.4, 0.5) is 0 Å². The summed E-state index contributed by atoms with van der Waals surface area (Å²) in [4.78, 5) is 1.53. The Kier molecular flexibility index (Phi) is 3.09. The van der Waals surface area contributed by atoms with Crippen LogP contribution in [0.15, 0.2) is 0 Å². The maximum atomic E-state index is 3.58. The standard InChI is InChI=1S/C9H16Br/c1-7(2)8-3-5-9(10)6-4-8/h7-8H,3-6H2,1-2H3/q+1. The predicted octanol–water partition coefficient (Wildman–Crippen LogP) is 3.76. The van der Waals surface area contributed by atoms with Crippen molar-refractivity contribution in [1.29, 1.82) is 0 Å². The minimum absolute atomic E-state index is 0.889. The fourth-order valence-electron chi connectivity index (χ4n) is 1.62. The average Bonchev–Trinajstić information content (AvgIpc) is 1.88. The number of hydrogen-bond donors (Lipinski definition) is 0. The van der Waals surface area contributed by atoms with Crippen molar-refractivity contribution in [3.8, 4) is 0 Å². The van der Waals surface area contributed by atoms with Gasteiger partial charge in [-0.1, -0.05) is 13.8 Å². The zero-order valence-electron chi connectivity index (χ0n) is 6.86. The third-order valence-corrected chi connectivity index (χ3v) is 3.31. The monoisotopic (exact) mass is 203 g/mol. The lowest BCUT2D eigenvalue weighted by Gasteiger charge is -2.22. The van der Waals surface area contributed by atoms with E-state index in [-0.39, 0.29) is 0 Å². The molecule has 0 spiro atoms. The molecule has 0 aromatic rings. The molecule has 58 valence electrons. The van der Waals surface area contributed by atoms with Crippen molar-refractivity contribution in [1.82, 2.24) is 0 Å². The van der Waals surface area contributed by atoms with E-state index < -0.39 is 0 Å². The highest BCUT2D eigenvalue weighted by molar-refractivity contribution is 9.11. The molecule has 0 atom stereocenters. The summed E-state index contributed by atoms with van der Waals surface area (Å²) in [7, 11) is 0. The summed E-state index contributed by atoms with van der Waals surface area (Å²) < 4.78 is 0. The first-order valence-electron chi connectivity index (χ1n) is 4.20. The average molecular weight is 204 g/mol. The van der Waals surface area contributed by atoms with Crippen LogP contribution in [0.5, 0.6) is 0 Å². The van der Waals surface area contributed by atoms with Gasteiger partial charge in [0.05, 0.1) is 0 Å². The molecule has 0 amide bonds. The summed E-state index contributed by atoms with van der Waals surface area (Å²) in [6, 6.07) is 0. The third kappa shape index (κ3) is 2.19. The van der Waals surface area contributed by atoms with E-state index in [2.05, 4.69) is 29.8 Å². The molecule has 1 heteroatoms. The van der Waals surface area contributed by atoms with Gasteiger partial charge in [-0.2, -0.15) is 0 Å². The Labute approximate surface area is 72.5 Å². The molecule has 0 unspecified atom stereocenters. The highest BCUT2D eigenvalue weighted by atomic mass is 79.9. The van der Waals surface area contributed by atoms with Crippen LogP contribution in [-0.2, 0) is 0 Å². The van der Waals surface area contributed by atoms with Gasteiger partial charge in [-0.05, 0) is 24.7 Å². The van der Waals surface area contributed by atoms with Crippen LogP contribution >= 0.6 is 15.9 Å². The summed E-state index contributed by atoms with van der Waals surface area (Å²) in [5, 5.41) is 0. The van der Waals surface area contributed by atoms with Crippen LogP contribution in [0.2, 0.25) is 0 Å². The van der Waals surface area contributed by atoms with Crippen LogP contribution in [0.25, 0.3) is 0 Å². The second kappa shape index (κ2) is 3.66. The fourth-order valence-corrected chi connectivity index (χ4v) is 2.08. The zero-order chi connectivity index (χ0) is 7.56. The van der Waals surface area contributed by atoms with Crippen molar-refractivity contribution in [3.63, 3.8) is 0 Å². The van der Waals surface area contributed by atoms with E-state index in [9.17, 15) is 0 Å². The first-order chi connectivity index (χ1) is 4.70. The highest BCUT2D eigenvalue weighted by Gasteiger charge is 2.28. The van der Waals surface area contributed by atoms with Gasteiger partial charge in [-0.3, -0.25) is 0 Å². The van der Waals surface area contributed by atoms with E-state index >= 15 is 0 Å². The molecule has 1 aliphatic rings. The zero-order valence-corrected chi connectivity index (χ0v) is 8.45. The Morgan fingerprint density at radius 2 is 1.80 bits per heavy atom. The highest BCUT2D eigenvalue weighted by Crippen LogP contribution is 2.37. The lowest BCUT2D eigenvalue weighted by molar-refractivity contribution is 0.305. The topological polar surface area (TPSA) is 0 Å². The number of halogens is 1. The lowest BCUT2D eigenvalue weighted by Crippen LogP contribution is -2.14. The van der Waals surface area contributed by atoms with Crippen LogP contribution in [-0.4, -0.2) is 0 Å². The number of hydrogen-bond acceptors (Lipinski definition) is 0. The van der Waals surface area contributed by atoms with Crippen molar-refractivity contribution < 1.29 is 0 Å². The second-order valence-corrected chi connectivity index (χ2v) is 4.72.